The number of thiazole rings is 1. The third-order valence-electron chi connectivity index (χ3n) is 2.41. The van der Waals surface area contributed by atoms with Crippen molar-refractivity contribution < 1.29 is 4.79 Å². The summed E-state index contributed by atoms with van der Waals surface area (Å²) >= 11 is 7.59. The van der Waals surface area contributed by atoms with Crippen LogP contribution in [-0.4, -0.2) is 10.9 Å². The van der Waals surface area contributed by atoms with Crippen molar-refractivity contribution in [2.45, 2.75) is 20.3 Å². The molecule has 0 saturated carbocycles. The highest BCUT2D eigenvalue weighted by Gasteiger charge is 2.08. The Hall–Kier alpha value is -1.39. The molecule has 0 radical (unpaired) electrons. The quantitative estimate of drug-likeness (QED) is 0.933. The van der Waals surface area contributed by atoms with Crippen LogP contribution >= 0.6 is 22.9 Å². The van der Waals surface area contributed by atoms with Gasteiger partial charge in [0.1, 0.15) is 0 Å². The van der Waals surface area contributed by atoms with Gasteiger partial charge in [0, 0.05) is 5.38 Å². The van der Waals surface area contributed by atoms with Crippen LogP contribution in [-0.2, 0) is 11.2 Å². The van der Waals surface area contributed by atoms with Crippen molar-refractivity contribution in [3.8, 4) is 0 Å². The summed E-state index contributed by atoms with van der Waals surface area (Å²) in [5, 5.41) is 6.20. The molecule has 0 spiro atoms. The second kappa shape index (κ2) is 5.50. The number of nitrogens with zero attached hydrogens (tertiary/aromatic N) is 1. The lowest BCUT2D eigenvalue weighted by molar-refractivity contribution is -0.115. The molecular weight excluding hydrogens is 268 g/mol. The fourth-order valence-electron chi connectivity index (χ4n) is 1.57. The summed E-state index contributed by atoms with van der Waals surface area (Å²) in [5.41, 5.74) is 2.49. The molecule has 1 aromatic heterocycles. The number of anilines is 1. The second-order valence-corrected chi connectivity index (χ2v) is 5.54. The predicted octanol–water partition coefficient (Wildman–Crippen LogP) is 3.59. The van der Waals surface area contributed by atoms with E-state index in [-0.39, 0.29) is 12.3 Å². The Bertz CT molecular complexity index is 580. The summed E-state index contributed by atoms with van der Waals surface area (Å²) in [7, 11) is 0. The average Bonchev–Trinajstić information content (AvgIpc) is 2.68. The number of carbonyl (C=O) groups is 1. The summed E-state index contributed by atoms with van der Waals surface area (Å²) < 4.78 is 0. The first-order valence-electron chi connectivity index (χ1n) is 5.51. The van der Waals surface area contributed by atoms with Crippen molar-refractivity contribution in [1.82, 2.24) is 4.98 Å². The standard InChI is InChI=1S/C13H13ClN2OS/c1-8-3-4-12(11(14)5-8)16-13(17)6-10-7-18-9(2)15-10/h3-5,7H,6H2,1-2H3,(H,16,17). The molecule has 18 heavy (non-hydrogen) atoms. The molecule has 3 nitrogen and oxygen atoms in total. The van der Waals surface area contributed by atoms with Crippen molar-refractivity contribution in [2.75, 3.05) is 5.32 Å². The van der Waals surface area contributed by atoms with E-state index in [0.717, 1.165) is 16.3 Å². The molecule has 0 saturated heterocycles. The van der Waals surface area contributed by atoms with Crippen molar-refractivity contribution in [3.05, 3.63) is 44.9 Å². The van der Waals surface area contributed by atoms with Crippen LogP contribution in [0.4, 0.5) is 5.69 Å². The van der Waals surface area contributed by atoms with Crippen LogP contribution < -0.4 is 5.32 Å². The molecule has 0 aliphatic rings. The number of amides is 1. The third kappa shape index (κ3) is 3.31. The SMILES string of the molecule is Cc1ccc(NC(=O)Cc2csc(C)n2)c(Cl)c1. The zero-order valence-electron chi connectivity index (χ0n) is 10.2. The molecular formula is C13H13ClN2OS. The van der Waals surface area contributed by atoms with Gasteiger partial charge in [0.2, 0.25) is 5.91 Å². The first-order chi connectivity index (χ1) is 8.54. The minimum atomic E-state index is -0.106. The maximum atomic E-state index is 11.8. The lowest BCUT2D eigenvalue weighted by Crippen LogP contribution is -2.14. The molecule has 0 fully saturated rings. The van der Waals surface area contributed by atoms with Gasteiger partial charge in [-0.05, 0) is 31.5 Å². The Morgan fingerprint density at radius 3 is 2.83 bits per heavy atom. The maximum absolute atomic E-state index is 11.8. The Balaban J connectivity index is 2.03. The molecule has 94 valence electrons. The Morgan fingerprint density at radius 1 is 1.44 bits per heavy atom. The summed E-state index contributed by atoms with van der Waals surface area (Å²) in [5.74, 6) is -0.106. The highest BCUT2D eigenvalue weighted by molar-refractivity contribution is 7.09. The molecule has 1 N–H and O–H groups in total. The largest absolute Gasteiger partial charge is 0.324 e. The monoisotopic (exact) mass is 280 g/mol. The van der Waals surface area contributed by atoms with Gasteiger partial charge in [-0.15, -0.1) is 11.3 Å². The van der Waals surface area contributed by atoms with Crippen LogP contribution in [0.1, 0.15) is 16.3 Å². The molecule has 0 bridgehead atoms. The van der Waals surface area contributed by atoms with Gasteiger partial charge in [0.25, 0.3) is 0 Å². The number of rotatable bonds is 3. The van der Waals surface area contributed by atoms with E-state index in [0.29, 0.717) is 10.7 Å². The summed E-state index contributed by atoms with van der Waals surface area (Å²) in [6, 6.07) is 5.54. The van der Waals surface area contributed by atoms with E-state index in [2.05, 4.69) is 10.3 Å². The fourth-order valence-corrected chi connectivity index (χ4v) is 2.46. The van der Waals surface area contributed by atoms with Crippen molar-refractivity contribution in [2.24, 2.45) is 0 Å². The third-order valence-corrected chi connectivity index (χ3v) is 3.54. The number of aromatic nitrogens is 1. The lowest BCUT2D eigenvalue weighted by atomic mass is 10.2. The zero-order chi connectivity index (χ0) is 13.1. The second-order valence-electron chi connectivity index (χ2n) is 4.07. The van der Waals surface area contributed by atoms with Gasteiger partial charge in [-0.2, -0.15) is 0 Å². The van der Waals surface area contributed by atoms with E-state index in [4.69, 9.17) is 11.6 Å². The number of hydrogen-bond acceptors (Lipinski definition) is 3. The van der Waals surface area contributed by atoms with Gasteiger partial charge < -0.3 is 5.32 Å². The first kappa shape index (κ1) is 13.1. The average molecular weight is 281 g/mol. The van der Waals surface area contributed by atoms with Crippen LogP contribution in [0.25, 0.3) is 0 Å². The smallest absolute Gasteiger partial charge is 0.230 e. The van der Waals surface area contributed by atoms with Crippen molar-refractivity contribution in [1.29, 1.82) is 0 Å². The topological polar surface area (TPSA) is 42.0 Å². The van der Waals surface area contributed by atoms with E-state index >= 15 is 0 Å². The van der Waals surface area contributed by atoms with Crippen LogP contribution in [0, 0.1) is 13.8 Å². The molecule has 0 aliphatic heterocycles. The van der Waals surface area contributed by atoms with E-state index in [9.17, 15) is 4.79 Å². The number of halogens is 1. The minimum Gasteiger partial charge on any atom is -0.324 e. The van der Waals surface area contributed by atoms with E-state index < -0.39 is 0 Å². The summed E-state index contributed by atoms with van der Waals surface area (Å²) in [4.78, 5) is 16.1. The maximum Gasteiger partial charge on any atom is 0.230 e. The molecule has 2 rings (SSSR count). The molecule has 5 heteroatoms. The molecule has 1 amide bonds. The molecule has 0 unspecified atom stereocenters. The van der Waals surface area contributed by atoms with Crippen molar-refractivity contribution >= 4 is 34.5 Å². The van der Waals surface area contributed by atoms with Gasteiger partial charge in [0.05, 0.1) is 27.8 Å². The van der Waals surface area contributed by atoms with Gasteiger partial charge in [-0.25, -0.2) is 4.98 Å². The minimum absolute atomic E-state index is 0.106. The van der Waals surface area contributed by atoms with Crippen LogP contribution in [0.2, 0.25) is 5.02 Å². The highest BCUT2D eigenvalue weighted by Crippen LogP contribution is 2.22. The molecule has 0 aliphatic carbocycles. The molecule has 0 atom stereocenters. The number of benzene rings is 1. The molecule has 1 aromatic carbocycles. The van der Waals surface area contributed by atoms with E-state index in [1.54, 1.807) is 11.3 Å². The zero-order valence-corrected chi connectivity index (χ0v) is 11.7. The summed E-state index contributed by atoms with van der Waals surface area (Å²) in [6.07, 6.45) is 0.272. The number of hydrogen-bond donors (Lipinski definition) is 1. The normalized spacial score (nSPS) is 10.4. The predicted molar refractivity (Wildman–Crippen MR) is 75.4 cm³/mol. The fraction of sp³-hybridized carbons (Fsp3) is 0.231. The number of carbonyl (C=O) groups excluding carboxylic acids is 1. The summed E-state index contributed by atoms with van der Waals surface area (Å²) in [6.45, 7) is 3.87. The lowest BCUT2D eigenvalue weighted by Gasteiger charge is -2.06. The Kier molecular flexibility index (Phi) is 3.99. The van der Waals surface area contributed by atoms with Crippen molar-refractivity contribution in [3.63, 3.8) is 0 Å². The van der Waals surface area contributed by atoms with Gasteiger partial charge in [0.15, 0.2) is 0 Å². The van der Waals surface area contributed by atoms with E-state index in [1.807, 2.05) is 37.4 Å². The van der Waals surface area contributed by atoms with Crippen LogP contribution in [0.15, 0.2) is 23.6 Å². The van der Waals surface area contributed by atoms with Crippen LogP contribution in [0.3, 0.4) is 0 Å². The molecule has 2 aromatic rings. The van der Waals surface area contributed by atoms with Crippen LogP contribution in [0.5, 0.6) is 0 Å². The highest BCUT2D eigenvalue weighted by atomic mass is 35.5. The van der Waals surface area contributed by atoms with Gasteiger partial charge in [-0.3, -0.25) is 4.79 Å². The van der Waals surface area contributed by atoms with Gasteiger partial charge >= 0.3 is 0 Å². The van der Waals surface area contributed by atoms with Gasteiger partial charge in [-0.1, -0.05) is 17.7 Å². The van der Waals surface area contributed by atoms with E-state index in [1.165, 1.54) is 0 Å². The number of nitrogens with one attached hydrogen (secondary N) is 1. The molecule has 1 heterocycles. The first-order valence-corrected chi connectivity index (χ1v) is 6.77. The Morgan fingerprint density at radius 2 is 2.22 bits per heavy atom. The Labute approximate surface area is 115 Å². The number of aryl methyl sites for hydroxylation is 2.